The molecule has 1 aliphatic rings. The molecular formula is C31H33F3. The van der Waals surface area contributed by atoms with E-state index >= 15 is 4.39 Å². The van der Waals surface area contributed by atoms with Gasteiger partial charge in [0, 0.05) is 11.1 Å². The lowest BCUT2D eigenvalue weighted by atomic mass is 9.78. The fraction of sp³-hybridized carbons (Fsp3) is 0.355. The number of halogens is 3. The van der Waals surface area contributed by atoms with E-state index < -0.39 is 17.5 Å². The summed E-state index contributed by atoms with van der Waals surface area (Å²) in [5.41, 5.74) is 2.20. The number of aryl methyl sites for hydroxylation is 1. The summed E-state index contributed by atoms with van der Waals surface area (Å²) in [5.74, 6) is -1.30. The van der Waals surface area contributed by atoms with Crippen LogP contribution in [-0.2, 0) is 6.42 Å². The molecule has 0 nitrogen and oxygen atoms in total. The van der Waals surface area contributed by atoms with Gasteiger partial charge in [0.05, 0.1) is 5.39 Å². The monoisotopic (exact) mass is 462 g/mol. The zero-order valence-electron chi connectivity index (χ0n) is 19.9. The SMILES string of the molecule is C=Cc1cc2ccc(-c3ccc(CCC4CCC(CC/C=C/C)CC4)cc3)c(F)c2c(F)c1F. The number of benzene rings is 3. The van der Waals surface area contributed by atoms with Crippen molar-refractivity contribution in [1.82, 2.24) is 0 Å². The van der Waals surface area contributed by atoms with Crippen LogP contribution in [-0.4, -0.2) is 0 Å². The lowest BCUT2D eigenvalue weighted by Gasteiger charge is -2.28. The van der Waals surface area contributed by atoms with Crippen molar-refractivity contribution in [2.45, 2.75) is 58.3 Å². The van der Waals surface area contributed by atoms with Gasteiger partial charge in [0.2, 0.25) is 0 Å². The van der Waals surface area contributed by atoms with E-state index in [2.05, 4.69) is 25.7 Å². The molecule has 0 spiro atoms. The highest BCUT2D eigenvalue weighted by molar-refractivity contribution is 5.90. The third kappa shape index (κ3) is 5.29. The molecule has 0 bridgehead atoms. The molecular weight excluding hydrogens is 429 g/mol. The van der Waals surface area contributed by atoms with Crippen LogP contribution in [0, 0.1) is 29.3 Å². The van der Waals surface area contributed by atoms with E-state index in [0.29, 0.717) is 10.9 Å². The predicted molar refractivity (Wildman–Crippen MR) is 137 cm³/mol. The van der Waals surface area contributed by atoms with Gasteiger partial charge in [-0.2, -0.15) is 0 Å². The molecule has 1 aliphatic carbocycles. The molecule has 3 aromatic carbocycles. The molecule has 4 rings (SSSR count). The van der Waals surface area contributed by atoms with Crippen molar-refractivity contribution in [3.63, 3.8) is 0 Å². The van der Waals surface area contributed by atoms with Gasteiger partial charge in [0.1, 0.15) is 5.82 Å². The fourth-order valence-corrected chi connectivity index (χ4v) is 5.30. The molecule has 0 N–H and O–H groups in total. The average molecular weight is 463 g/mol. The van der Waals surface area contributed by atoms with Crippen LogP contribution in [0.2, 0.25) is 0 Å². The maximum atomic E-state index is 15.2. The largest absolute Gasteiger partial charge is 0.206 e. The van der Waals surface area contributed by atoms with E-state index in [1.807, 2.05) is 24.3 Å². The van der Waals surface area contributed by atoms with Gasteiger partial charge in [-0.05, 0) is 67.0 Å². The van der Waals surface area contributed by atoms with Crippen molar-refractivity contribution >= 4 is 16.8 Å². The highest BCUT2D eigenvalue weighted by Gasteiger charge is 2.21. The minimum Gasteiger partial charge on any atom is -0.206 e. The Kier molecular flexibility index (Phi) is 7.92. The third-order valence-electron chi connectivity index (χ3n) is 7.42. The molecule has 0 heterocycles. The molecule has 0 radical (unpaired) electrons. The van der Waals surface area contributed by atoms with Gasteiger partial charge in [-0.15, -0.1) is 0 Å². The van der Waals surface area contributed by atoms with Gasteiger partial charge in [0.25, 0.3) is 0 Å². The summed E-state index contributed by atoms with van der Waals surface area (Å²) >= 11 is 0. The molecule has 0 unspecified atom stereocenters. The highest BCUT2D eigenvalue weighted by Crippen LogP contribution is 2.35. The smallest absolute Gasteiger partial charge is 0.170 e. The van der Waals surface area contributed by atoms with Gasteiger partial charge >= 0.3 is 0 Å². The lowest BCUT2D eigenvalue weighted by Crippen LogP contribution is -2.15. The highest BCUT2D eigenvalue weighted by atomic mass is 19.2. The Hall–Kier alpha value is -2.81. The normalized spacial score (nSPS) is 18.6. The average Bonchev–Trinajstić information content (AvgIpc) is 2.86. The summed E-state index contributed by atoms with van der Waals surface area (Å²) in [6.07, 6.45) is 15.7. The van der Waals surface area contributed by atoms with Crippen molar-refractivity contribution in [2.24, 2.45) is 11.8 Å². The summed E-state index contributed by atoms with van der Waals surface area (Å²) in [7, 11) is 0. The number of allylic oxidation sites excluding steroid dienone is 2. The molecule has 0 amide bonds. The number of hydrogen-bond donors (Lipinski definition) is 0. The molecule has 1 fully saturated rings. The zero-order valence-corrected chi connectivity index (χ0v) is 19.9. The Balaban J connectivity index is 1.41. The van der Waals surface area contributed by atoms with E-state index in [1.54, 1.807) is 12.1 Å². The van der Waals surface area contributed by atoms with Crippen molar-refractivity contribution in [1.29, 1.82) is 0 Å². The second-order valence-electron chi connectivity index (χ2n) is 9.59. The first-order valence-electron chi connectivity index (χ1n) is 12.4. The molecule has 178 valence electrons. The predicted octanol–water partition coefficient (Wildman–Crippen LogP) is 9.66. The van der Waals surface area contributed by atoms with Gasteiger partial charge in [0.15, 0.2) is 11.6 Å². The second-order valence-corrected chi connectivity index (χ2v) is 9.59. The van der Waals surface area contributed by atoms with Crippen molar-refractivity contribution in [3.8, 4) is 11.1 Å². The number of hydrogen-bond acceptors (Lipinski definition) is 0. The van der Waals surface area contributed by atoms with Crippen LogP contribution < -0.4 is 0 Å². The summed E-state index contributed by atoms with van der Waals surface area (Å²) in [5, 5.41) is 0.00853. The molecule has 0 aromatic heterocycles. The molecule has 34 heavy (non-hydrogen) atoms. The molecule has 0 saturated heterocycles. The van der Waals surface area contributed by atoms with Crippen LogP contribution in [0.15, 0.2) is 61.2 Å². The Morgan fingerprint density at radius 1 is 0.853 bits per heavy atom. The fourth-order valence-electron chi connectivity index (χ4n) is 5.30. The third-order valence-corrected chi connectivity index (χ3v) is 7.42. The first-order chi connectivity index (χ1) is 16.5. The Labute approximate surface area is 201 Å². The molecule has 0 aliphatic heterocycles. The van der Waals surface area contributed by atoms with Crippen LogP contribution >= 0.6 is 0 Å². The first kappa shape index (κ1) is 24.3. The van der Waals surface area contributed by atoms with Gasteiger partial charge in [-0.3, -0.25) is 0 Å². The topological polar surface area (TPSA) is 0 Å². The van der Waals surface area contributed by atoms with Crippen molar-refractivity contribution < 1.29 is 13.2 Å². The van der Waals surface area contributed by atoms with E-state index in [1.165, 1.54) is 62.7 Å². The van der Waals surface area contributed by atoms with Crippen LogP contribution in [0.25, 0.3) is 28.0 Å². The number of fused-ring (bicyclic) bond motifs is 1. The van der Waals surface area contributed by atoms with Gasteiger partial charge in [-0.1, -0.05) is 86.9 Å². The molecule has 0 atom stereocenters. The number of rotatable bonds is 8. The Bertz CT molecular complexity index is 1170. The van der Waals surface area contributed by atoms with Crippen LogP contribution in [0.5, 0.6) is 0 Å². The summed E-state index contributed by atoms with van der Waals surface area (Å²) in [4.78, 5) is 0. The van der Waals surface area contributed by atoms with Crippen LogP contribution in [0.4, 0.5) is 13.2 Å². The summed E-state index contributed by atoms with van der Waals surface area (Å²) in [6, 6.07) is 12.5. The lowest BCUT2D eigenvalue weighted by molar-refractivity contribution is 0.254. The Morgan fingerprint density at radius 3 is 2.18 bits per heavy atom. The van der Waals surface area contributed by atoms with Gasteiger partial charge in [-0.25, -0.2) is 13.2 Å². The summed E-state index contributed by atoms with van der Waals surface area (Å²) in [6.45, 7) is 5.58. The van der Waals surface area contributed by atoms with E-state index in [9.17, 15) is 8.78 Å². The summed E-state index contributed by atoms with van der Waals surface area (Å²) < 4.78 is 44.0. The zero-order chi connectivity index (χ0) is 24.1. The van der Waals surface area contributed by atoms with Crippen molar-refractivity contribution in [2.75, 3.05) is 0 Å². The standard InChI is InChI=1S/C31H33F3/c1-3-5-6-7-21-8-10-22(11-9-21)12-13-23-14-16-25(17-15-23)27-19-18-26-20-24(4-2)29(32)31(34)28(26)30(27)33/h3-5,14-22H,2,6-13H2,1H3/b5-3+. The minimum absolute atomic E-state index is 0.0311. The molecule has 3 aromatic rings. The van der Waals surface area contributed by atoms with Crippen LogP contribution in [0.3, 0.4) is 0 Å². The first-order valence-corrected chi connectivity index (χ1v) is 12.4. The van der Waals surface area contributed by atoms with Crippen LogP contribution in [0.1, 0.15) is 63.0 Å². The quantitative estimate of drug-likeness (QED) is 0.292. The minimum atomic E-state index is -1.17. The van der Waals surface area contributed by atoms with Gasteiger partial charge < -0.3 is 0 Å². The maximum Gasteiger partial charge on any atom is 0.170 e. The second kappa shape index (κ2) is 11.1. The van der Waals surface area contributed by atoms with E-state index in [0.717, 1.165) is 18.3 Å². The maximum absolute atomic E-state index is 15.2. The Morgan fingerprint density at radius 2 is 1.53 bits per heavy atom. The van der Waals surface area contributed by atoms with Crippen molar-refractivity contribution in [3.05, 3.63) is 89.8 Å². The molecule has 3 heteroatoms. The van der Waals surface area contributed by atoms with E-state index in [-0.39, 0.29) is 16.5 Å². The molecule has 1 saturated carbocycles. The van der Waals surface area contributed by atoms with E-state index in [4.69, 9.17) is 0 Å².